The van der Waals surface area contributed by atoms with Gasteiger partial charge in [-0.3, -0.25) is 0 Å². The summed E-state index contributed by atoms with van der Waals surface area (Å²) < 4.78 is 6.03. The lowest BCUT2D eigenvalue weighted by Crippen LogP contribution is -2.13. The molecule has 1 aromatic heterocycles. The Morgan fingerprint density at radius 3 is 2.70 bits per heavy atom. The lowest BCUT2D eigenvalue weighted by molar-refractivity contribution is 0.299. The third-order valence-electron chi connectivity index (χ3n) is 3.27. The molecule has 4 heteroatoms. The third kappa shape index (κ3) is 3.58. The molecule has 0 aliphatic heterocycles. The van der Waals surface area contributed by atoms with Crippen LogP contribution in [0, 0.1) is 20.8 Å². The van der Waals surface area contributed by atoms with Crippen molar-refractivity contribution >= 4 is 11.3 Å². The normalized spacial score (nSPS) is 10.8. The van der Waals surface area contributed by atoms with Gasteiger partial charge in [0.2, 0.25) is 0 Å². The number of hydrogen-bond donors (Lipinski definition) is 1. The van der Waals surface area contributed by atoms with Crippen molar-refractivity contribution in [2.75, 3.05) is 6.54 Å². The zero-order chi connectivity index (χ0) is 14.5. The number of nitrogens with one attached hydrogen (secondary N) is 1. The Kier molecular flexibility index (Phi) is 5.15. The molecule has 108 valence electrons. The molecule has 0 atom stereocenters. The maximum atomic E-state index is 6.03. The molecule has 0 unspecified atom stereocenters. The van der Waals surface area contributed by atoms with Gasteiger partial charge in [0.25, 0.3) is 0 Å². The number of benzene rings is 1. The van der Waals surface area contributed by atoms with Crippen molar-refractivity contribution in [3.8, 4) is 5.75 Å². The summed E-state index contributed by atoms with van der Waals surface area (Å²) in [7, 11) is 0. The first kappa shape index (κ1) is 15.0. The van der Waals surface area contributed by atoms with E-state index in [0.717, 1.165) is 29.5 Å². The molecule has 1 heterocycles. The predicted octanol–water partition coefficient (Wildman–Crippen LogP) is 3.76. The first-order valence-corrected chi connectivity index (χ1v) is 7.78. The maximum Gasteiger partial charge on any atom is 0.140 e. The lowest BCUT2D eigenvalue weighted by Gasteiger charge is -2.13. The summed E-state index contributed by atoms with van der Waals surface area (Å²) in [4.78, 5) is 5.79. The van der Waals surface area contributed by atoms with Crippen LogP contribution >= 0.6 is 11.3 Å². The molecule has 20 heavy (non-hydrogen) atoms. The van der Waals surface area contributed by atoms with Gasteiger partial charge in [-0.25, -0.2) is 4.98 Å². The topological polar surface area (TPSA) is 34.1 Å². The van der Waals surface area contributed by atoms with E-state index in [4.69, 9.17) is 4.74 Å². The highest BCUT2D eigenvalue weighted by Crippen LogP contribution is 2.25. The Bertz CT molecular complexity index is 558. The number of thiazole rings is 1. The minimum absolute atomic E-state index is 0.545. The lowest BCUT2D eigenvalue weighted by atomic mass is 10.1. The monoisotopic (exact) mass is 290 g/mol. The van der Waals surface area contributed by atoms with Crippen LogP contribution in [-0.2, 0) is 13.2 Å². The van der Waals surface area contributed by atoms with Crippen LogP contribution in [0.3, 0.4) is 0 Å². The van der Waals surface area contributed by atoms with Gasteiger partial charge in [0.15, 0.2) is 0 Å². The number of nitrogens with zero attached hydrogens (tertiary/aromatic N) is 1. The van der Waals surface area contributed by atoms with Gasteiger partial charge in [-0.1, -0.05) is 25.1 Å². The molecule has 0 aliphatic carbocycles. The number of para-hydroxylation sites is 1. The summed E-state index contributed by atoms with van der Waals surface area (Å²) in [5.74, 6) is 0.985. The molecule has 0 radical (unpaired) electrons. The second-order valence-electron chi connectivity index (χ2n) is 4.88. The van der Waals surface area contributed by atoms with Gasteiger partial charge in [-0.2, -0.15) is 0 Å². The summed E-state index contributed by atoms with van der Waals surface area (Å²) in [6, 6.07) is 6.28. The summed E-state index contributed by atoms with van der Waals surface area (Å²) in [5, 5.41) is 4.39. The van der Waals surface area contributed by atoms with Gasteiger partial charge in [0.05, 0.1) is 5.69 Å². The molecule has 0 saturated carbocycles. The molecule has 0 bridgehead atoms. The summed E-state index contributed by atoms with van der Waals surface area (Å²) in [5.41, 5.74) is 3.48. The van der Waals surface area contributed by atoms with Gasteiger partial charge < -0.3 is 10.1 Å². The SMILES string of the molecule is CCNCc1cccc(C)c1OCc1nc(C)c(C)s1. The number of hydrogen-bond acceptors (Lipinski definition) is 4. The molecular weight excluding hydrogens is 268 g/mol. The second-order valence-corrected chi connectivity index (χ2v) is 6.17. The Hall–Kier alpha value is -1.39. The number of aromatic nitrogens is 1. The minimum atomic E-state index is 0.545. The molecule has 0 amide bonds. The van der Waals surface area contributed by atoms with Crippen LogP contribution in [0.4, 0.5) is 0 Å². The van der Waals surface area contributed by atoms with Gasteiger partial charge in [0, 0.05) is 17.0 Å². The standard InChI is InChI=1S/C16H22N2OS/c1-5-17-9-14-8-6-7-11(2)16(14)19-10-15-18-12(3)13(4)20-15/h6-8,17H,5,9-10H2,1-4H3. The molecule has 1 aromatic carbocycles. The Morgan fingerprint density at radius 2 is 2.05 bits per heavy atom. The van der Waals surface area contributed by atoms with Crippen LogP contribution in [0.1, 0.15) is 33.6 Å². The minimum Gasteiger partial charge on any atom is -0.486 e. The van der Waals surface area contributed by atoms with Crippen LogP contribution < -0.4 is 10.1 Å². The third-order valence-corrected chi connectivity index (χ3v) is 4.32. The molecule has 0 saturated heterocycles. The molecule has 2 aromatic rings. The fourth-order valence-corrected chi connectivity index (χ4v) is 2.90. The quantitative estimate of drug-likeness (QED) is 0.879. The van der Waals surface area contributed by atoms with Gasteiger partial charge in [-0.05, 0) is 32.9 Å². The first-order chi connectivity index (χ1) is 9.61. The predicted molar refractivity (Wildman–Crippen MR) is 84.5 cm³/mol. The van der Waals surface area contributed by atoms with Crippen molar-refractivity contribution in [3.05, 3.63) is 44.9 Å². The van der Waals surface area contributed by atoms with Crippen molar-refractivity contribution in [1.82, 2.24) is 10.3 Å². The van der Waals surface area contributed by atoms with Crippen LogP contribution in [-0.4, -0.2) is 11.5 Å². The van der Waals surface area contributed by atoms with Crippen molar-refractivity contribution in [3.63, 3.8) is 0 Å². The molecule has 0 spiro atoms. The number of rotatable bonds is 6. The summed E-state index contributed by atoms with van der Waals surface area (Å²) in [6.45, 7) is 10.7. The van der Waals surface area contributed by atoms with E-state index < -0.39 is 0 Å². The molecular formula is C16H22N2OS. The zero-order valence-electron chi connectivity index (χ0n) is 12.6. The highest BCUT2D eigenvalue weighted by atomic mass is 32.1. The van der Waals surface area contributed by atoms with E-state index in [0.29, 0.717) is 6.61 Å². The van der Waals surface area contributed by atoms with E-state index in [1.54, 1.807) is 11.3 Å². The number of aryl methyl sites for hydroxylation is 3. The largest absolute Gasteiger partial charge is 0.486 e. The fourth-order valence-electron chi connectivity index (χ4n) is 2.05. The molecule has 3 nitrogen and oxygen atoms in total. The first-order valence-electron chi connectivity index (χ1n) is 6.96. The molecule has 2 rings (SSSR count). The smallest absolute Gasteiger partial charge is 0.140 e. The van der Waals surface area contributed by atoms with Crippen molar-refractivity contribution < 1.29 is 4.74 Å². The molecule has 0 fully saturated rings. The highest BCUT2D eigenvalue weighted by Gasteiger charge is 2.09. The van der Waals surface area contributed by atoms with Gasteiger partial charge in [0.1, 0.15) is 17.4 Å². The van der Waals surface area contributed by atoms with E-state index in [9.17, 15) is 0 Å². The van der Waals surface area contributed by atoms with Crippen LogP contribution in [0.5, 0.6) is 5.75 Å². The van der Waals surface area contributed by atoms with Gasteiger partial charge in [-0.15, -0.1) is 11.3 Å². The fraction of sp³-hybridized carbons (Fsp3) is 0.438. The van der Waals surface area contributed by atoms with Crippen molar-refractivity contribution in [2.45, 2.75) is 40.8 Å². The van der Waals surface area contributed by atoms with E-state index in [1.807, 2.05) is 6.92 Å². The van der Waals surface area contributed by atoms with Crippen LogP contribution in [0.15, 0.2) is 18.2 Å². The van der Waals surface area contributed by atoms with E-state index in [2.05, 4.69) is 49.3 Å². The summed E-state index contributed by atoms with van der Waals surface area (Å²) in [6.07, 6.45) is 0. The average molecular weight is 290 g/mol. The van der Waals surface area contributed by atoms with Crippen molar-refractivity contribution in [2.24, 2.45) is 0 Å². The Labute approximate surface area is 125 Å². The van der Waals surface area contributed by atoms with Crippen molar-refractivity contribution in [1.29, 1.82) is 0 Å². The average Bonchev–Trinajstić information content (AvgIpc) is 2.74. The van der Waals surface area contributed by atoms with Gasteiger partial charge >= 0.3 is 0 Å². The second kappa shape index (κ2) is 6.86. The van der Waals surface area contributed by atoms with E-state index in [-0.39, 0.29) is 0 Å². The summed E-state index contributed by atoms with van der Waals surface area (Å²) >= 11 is 1.71. The van der Waals surface area contributed by atoms with E-state index in [1.165, 1.54) is 16.0 Å². The Morgan fingerprint density at radius 1 is 1.25 bits per heavy atom. The maximum absolute atomic E-state index is 6.03. The molecule has 0 aliphatic rings. The Balaban J connectivity index is 2.11. The van der Waals surface area contributed by atoms with Crippen LogP contribution in [0.25, 0.3) is 0 Å². The van der Waals surface area contributed by atoms with E-state index >= 15 is 0 Å². The van der Waals surface area contributed by atoms with Crippen LogP contribution in [0.2, 0.25) is 0 Å². The number of ether oxygens (including phenoxy) is 1. The zero-order valence-corrected chi connectivity index (χ0v) is 13.4. The molecule has 1 N–H and O–H groups in total. The highest BCUT2D eigenvalue weighted by molar-refractivity contribution is 7.11.